The van der Waals surface area contributed by atoms with E-state index >= 15 is 0 Å². The number of halogens is 19. The predicted molar refractivity (Wildman–Crippen MR) is 101 cm³/mol. The Morgan fingerprint density at radius 2 is 0.930 bits per heavy atom. The van der Waals surface area contributed by atoms with Gasteiger partial charge in [-0.3, -0.25) is 10.1 Å². The van der Waals surface area contributed by atoms with Crippen molar-refractivity contribution in [2.45, 2.75) is 47.9 Å². The number of hydrogen-bond donors (Lipinski definition) is 1. The number of nitrogens with zero attached hydrogens (tertiary/aromatic N) is 4. The lowest BCUT2D eigenvalue weighted by atomic mass is 9.82. The SMILES string of the molecule is O=[N+]([O-])c1cc(Cl)ccc1Nc1nc(C(C(F)(F)F)(C(F)(F)F)C(F)(F)F)nc(C(C(F)(F)F)(C(F)(F)F)C(F)(F)F)n1. The van der Waals surface area contributed by atoms with Gasteiger partial charge in [-0.2, -0.15) is 89.0 Å². The van der Waals surface area contributed by atoms with Gasteiger partial charge >= 0.3 is 47.9 Å². The molecule has 1 heterocycles. The molecule has 7 nitrogen and oxygen atoms in total. The first-order valence-electron chi connectivity index (χ1n) is 9.76. The van der Waals surface area contributed by atoms with E-state index in [-0.39, 0.29) is 12.1 Å². The maximum absolute atomic E-state index is 13.6. The molecule has 242 valence electrons. The number of aromatic nitrogens is 3. The molecule has 2 aromatic rings. The summed E-state index contributed by atoms with van der Waals surface area (Å²) in [6.45, 7) is 0. The Balaban J connectivity index is 3.33. The van der Waals surface area contributed by atoms with Gasteiger partial charge < -0.3 is 5.32 Å². The Bertz CT molecular complexity index is 1240. The van der Waals surface area contributed by atoms with Crippen molar-refractivity contribution in [3.8, 4) is 0 Å². The maximum Gasteiger partial charge on any atom is 0.419 e. The van der Waals surface area contributed by atoms with Crippen molar-refractivity contribution in [2.24, 2.45) is 0 Å². The molecule has 0 radical (unpaired) electrons. The third kappa shape index (κ3) is 5.61. The quantitative estimate of drug-likeness (QED) is 0.194. The number of nitro groups is 1. The van der Waals surface area contributed by atoms with E-state index < -0.39 is 86.8 Å². The lowest BCUT2D eigenvalue weighted by Crippen LogP contribution is -2.66. The van der Waals surface area contributed by atoms with E-state index in [1.54, 1.807) is 0 Å². The summed E-state index contributed by atoms with van der Waals surface area (Å²) in [5.74, 6) is -11.1. The molecule has 0 fully saturated rings. The third-order valence-electron chi connectivity index (χ3n) is 5.26. The molecule has 0 aliphatic carbocycles. The minimum absolute atomic E-state index is 0.268. The highest BCUT2D eigenvalue weighted by Crippen LogP contribution is 2.62. The molecule has 26 heteroatoms. The highest BCUT2D eigenvalue weighted by atomic mass is 35.5. The van der Waals surface area contributed by atoms with Gasteiger partial charge in [-0.15, -0.1) is 0 Å². The zero-order valence-electron chi connectivity index (χ0n) is 19.0. The molecule has 0 unspecified atom stereocenters. The molecule has 1 aromatic heterocycles. The molecule has 0 saturated carbocycles. The third-order valence-corrected chi connectivity index (χ3v) is 5.50. The summed E-state index contributed by atoms with van der Waals surface area (Å²) < 4.78 is 245. The van der Waals surface area contributed by atoms with E-state index in [1.165, 1.54) is 4.98 Å². The Labute approximate surface area is 227 Å². The standard InChI is InChI=1S/C17H4ClF18N5O2/c18-4-1-2-5(6(3-4)41(42)43)37-9-39-7(10(12(19,20)21,13(22,23)24)14(25,26)27)38-8(40-9)11(15(28,29)30,16(31,32)33)17(34,35)36/h1-3H,(H,37,38,39,40). The number of nitro benzene ring substituents is 1. The Morgan fingerprint density at radius 1 is 0.605 bits per heavy atom. The minimum atomic E-state index is -7.87. The summed E-state index contributed by atoms with van der Waals surface area (Å²) in [7, 11) is 0. The minimum Gasteiger partial charge on any atom is -0.318 e. The first-order chi connectivity index (χ1) is 18.9. The van der Waals surface area contributed by atoms with Gasteiger partial charge in [0.2, 0.25) is 5.95 Å². The lowest BCUT2D eigenvalue weighted by Gasteiger charge is -2.39. The van der Waals surface area contributed by atoms with Crippen LogP contribution in [0.2, 0.25) is 5.02 Å². The van der Waals surface area contributed by atoms with Gasteiger partial charge in [-0.05, 0) is 12.1 Å². The van der Waals surface area contributed by atoms with Gasteiger partial charge in [0, 0.05) is 11.1 Å². The molecule has 0 bridgehead atoms. The molecule has 0 amide bonds. The summed E-state index contributed by atoms with van der Waals surface area (Å²) >= 11 is 5.41. The van der Waals surface area contributed by atoms with Crippen LogP contribution < -0.4 is 5.32 Å². The fourth-order valence-corrected chi connectivity index (χ4v) is 3.54. The Kier molecular flexibility index (Phi) is 8.52. The van der Waals surface area contributed by atoms with Crippen LogP contribution in [0.25, 0.3) is 0 Å². The van der Waals surface area contributed by atoms with Crippen molar-refractivity contribution in [1.29, 1.82) is 0 Å². The van der Waals surface area contributed by atoms with Crippen LogP contribution >= 0.6 is 11.6 Å². The van der Waals surface area contributed by atoms with Crippen LogP contribution in [0.4, 0.5) is 96.4 Å². The fraction of sp³-hybridized carbons (Fsp3) is 0.471. The van der Waals surface area contributed by atoms with Crippen LogP contribution in [-0.2, 0) is 10.8 Å². The van der Waals surface area contributed by atoms with Crippen molar-refractivity contribution in [1.82, 2.24) is 15.0 Å². The van der Waals surface area contributed by atoms with E-state index in [2.05, 4.69) is 0 Å². The second kappa shape index (κ2) is 10.3. The van der Waals surface area contributed by atoms with Crippen LogP contribution in [0.15, 0.2) is 18.2 Å². The number of benzene rings is 1. The van der Waals surface area contributed by atoms with Crippen LogP contribution in [0.1, 0.15) is 11.6 Å². The van der Waals surface area contributed by atoms with Crippen molar-refractivity contribution in [3.63, 3.8) is 0 Å². The zero-order valence-corrected chi connectivity index (χ0v) is 19.8. The predicted octanol–water partition coefficient (Wildman–Crippen LogP) is 8.03. The highest BCUT2D eigenvalue weighted by Gasteiger charge is 2.89. The van der Waals surface area contributed by atoms with E-state index in [4.69, 9.17) is 11.6 Å². The molecule has 2 rings (SSSR count). The number of rotatable bonds is 5. The number of alkyl halides is 18. The molecule has 0 aliphatic rings. The molecule has 1 aromatic carbocycles. The van der Waals surface area contributed by atoms with E-state index in [0.29, 0.717) is 6.07 Å². The summed E-state index contributed by atoms with van der Waals surface area (Å²) in [5.41, 5.74) is -18.2. The first-order valence-corrected chi connectivity index (χ1v) is 10.1. The van der Waals surface area contributed by atoms with Crippen molar-refractivity contribution >= 4 is 28.9 Å². The normalized spacial score (nSPS) is 14.6. The smallest absolute Gasteiger partial charge is 0.318 e. The molecular weight excluding hydrogens is 684 g/mol. The topological polar surface area (TPSA) is 93.8 Å². The molecule has 0 atom stereocenters. The van der Waals surface area contributed by atoms with Gasteiger partial charge in [-0.1, -0.05) is 11.6 Å². The van der Waals surface area contributed by atoms with Gasteiger partial charge in [0.1, 0.15) is 5.69 Å². The van der Waals surface area contributed by atoms with Gasteiger partial charge in [0.15, 0.2) is 11.6 Å². The van der Waals surface area contributed by atoms with E-state index in [0.717, 1.165) is 5.32 Å². The van der Waals surface area contributed by atoms with Crippen molar-refractivity contribution in [2.75, 3.05) is 5.32 Å². The summed E-state index contributed by atoms with van der Waals surface area (Å²) in [6, 6.07) is 1.10. The molecule has 0 spiro atoms. The van der Waals surface area contributed by atoms with Crippen LogP contribution in [-0.4, -0.2) is 56.9 Å². The number of anilines is 2. The highest BCUT2D eigenvalue weighted by molar-refractivity contribution is 6.30. The van der Waals surface area contributed by atoms with Crippen LogP contribution in [0.5, 0.6) is 0 Å². The zero-order chi connectivity index (χ0) is 34.0. The number of nitrogens with one attached hydrogen (secondary N) is 1. The van der Waals surface area contributed by atoms with Gasteiger partial charge in [0.25, 0.3) is 5.69 Å². The Morgan fingerprint density at radius 3 is 1.21 bits per heavy atom. The van der Waals surface area contributed by atoms with Crippen molar-refractivity contribution in [3.05, 3.63) is 45.0 Å². The van der Waals surface area contributed by atoms with Crippen LogP contribution in [0, 0.1) is 10.1 Å². The summed E-state index contributed by atoms with van der Waals surface area (Å²) in [4.78, 5) is 14.8. The maximum atomic E-state index is 13.6. The second-order valence-corrected chi connectivity index (χ2v) is 8.27. The summed E-state index contributed by atoms with van der Waals surface area (Å²) in [6.07, 6.45) is -47.2. The van der Waals surface area contributed by atoms with Gasteiger partial charge in [-0.25, -0.2) is 4.98 Å². The Hall–Kier alpha value is -3.54. The average Bonchev–Trinajstić information content (AvgIpc) is 2.69. The average molecular weight is 688 g/mol. The van der Waals surface area contributed by atoms with Crippen LogP contribution in [0.3, 0.4) is 0 Å². The van der Waals surface area contributed by atoms with E-state index in [1.807, 2.05) is 9.97 Å². The number of hydrogen-bond acceptors (Lipinski definition) is 6. The molecule has 0 saturated heterocycles. The molecule has 43 heavy (non-hydrogen) atoms. The van der Waals surface area contributed by atoms with E-state index in [9.17, 15) is 89.1 Å². The second-order valence-electron chi connectivity index (χ2n) is 7.84. The van der Waals surface area contributed by atoms with Crippen molar-refractivity contribution < 1.29 is 84.0 Å². The van der Waals surface area contributed by atoms with Gasteiger partial charge in [0.05, 0.1) is 4.92 Å². The summed E-state index contributed by atoms with van der Waals surface area (Å²) in [5, 5.41) is 11.6. The molecule has 0 aliphatic heterocycles. The largest absolute Gasteiger partial charge is 0.419 e. The fourth-order valence-electron chi connectivity index (χ4n) is 3.37. The molecule has 1 N–H and O–H groups in total. The molecular formula is C17H4ClF18N5O2. The lowest BCUT2D eigenvalue weighted by molar-refractivity contribution is -0.391. The monoisotopic (exact) mass is 687 g/mol. The first kappa shape index (κ1) is 35.7.